The number of fused-ring (bicyclic) bond motifs is 1. The number of nitrogens with two attached hydrogens (primary N) is 1. The number of rotatable bonds is 9. The van der Waals surface area contributed by atoms with Crippen molar-refractivity contribution in [1.29, 1.82) is 0 Å². The second-order valence-electron chi connectivity index (χ2n) is 7.15. The molecule has 7 heteroatoms. The highest BCUT2D eigenvalue weighted by Crippen LogP contribution is 2.35. The van der Waals surface area contributed by atoms with Crippen molar-refractivity contribution in [2.24, 2.45) is 0 Å². The monoisotopic (exact) mass is 397 g/mol. The lowest BCUT2D eigenvalue weighted by atomic mass is 10.0. The molecule has 3 aromatic rings. The van der Waals surface area contributed by atoms with Crippen molar-refractivity contribution < 1.29 is 9.47 Å². The van der Waals surface area contributed by atoms with Crippen LogP contribution in [0, 0.1) is 6.92 Å². The third-order valence-electron chi connectivity index (χ3n) is 5.04. The number of aryl methyl sites for hydroxylation is 2. The fourth-order valence-corrected chi connectivity index (χ4v) is 3.66. The molecule has 0 aliphatic rings. The van der Waals surface area contributed by atoms with Crippen LogP contribution >= 0.6 is 0 Å². The Labute approximate surface area is 172 Å². The van der Waals surface area contributed by atoms with Gasteiger partial charge in [-0.15, -0.1) is 0 Å². The van der Waals surface area contributed by atoms with E-state index in [9.17, 15) is 0 Å². The molecule has 0 unspecified atom stereocenters. The first-order chi connectivity index (χ1) is 14.0. The number of hydrogen-bond acceptors (Lipinski definition) is 6. The van der Waals surface area contributed by atoms with E-state index < -0.39 is 0 Å². The Hall–Kier alpha value is -2.80. The Bertz CT molecular complexity index is 983. The summed E-state index contributed by atoms with van der Waals surface area (Å²) >= 11 is 0. The van der Waals surface area contributed by atoms with E-state index in [0.717, 1.165) is 36.5 Å². The van der Waals surface area contributed by atoms with Crippen molar-refractivity contribution in [3.63, 3.8) is 0 Å². The summed E-state index contributed by atoms with van der Waals surface area (Å²) in [6.07, 6.45) is 1.91. The molecule has 3 rings (SSSR count). The lowest BCUT2D eigenvalue weighted by Crippen LogP contribution is -2.31. The first-order valence-corrected chi connectivity index (χ1v) is 10.1. The molecule has 0 saturated carbocycles. The molecule has 0 spiro atoms. The van der Waals surface area contributed by atoms with Crippen LogP contribution in [0.4, 0.5) is 11.6 Å². The molecule has 2 aromatic heterocycles. The average Bonchev–Trinajstić information content (AvgIpc) is 3.13. The van der Waals surface area contributed by atoms with Gasteiger partial charge in [0.2, 0.25) is 5.75 Å². The summed E-state index contributed by atoms with van der Waals surface area (Å²) in [6.45, 7) is 8.54. The smallest absolute Gasteiger partial charge is 0.204 e. The van der Waals surface area contributed by atoms with Crippen LogP contribution < -0.4 is 15.4 Å². The van der Waals surface area contributed by atoms with E-state index in [-0.39, 0.29) is 0 Å². The number of nitrogens with zero attached hydrogens (tertiary/aromatic N) is 4. The summed E-state index contributed by atoms with van der Waals surface area (Å²) in [5.74, 6) is 1.71. The second kappa shape index (κ2) is 9.13. The number of methoxy groups -OCH3 is 2. The number of anilines is 2. The maximum Gasteiger partial charge on any atom is 0.204 e. The van der Waals surface area contributed by atoms with Crippen molar-refractivity contribution in [1.82, 2.24) is 14.6 Å². The molecule has 0 fully saturated rings. The molecule has 0 aliphatic heterocycles. The molecule has 0 atom stereocenters. The minimum absolute atomic E-state index is 0.361. The summed E-state index contributed by atoms with van der Waals surface area (Å²) in [5, 5.41) is 4.92. The largest absolute Gasteiger partial charge is 0.490 e. The SMILES string of the molecule is CCCN(CCOC)c1c(OC)c(N)nc2cc(-c3ccc(C)cc3CC)nn12. The highest BCUT2D eigenvalue weighted by atomic mass is 16.5. The number of aromatic nitrogens is 3. The molecule has 0 saturated heterocycles. The van der Waals surface area contributed by atoms with Gasteiger partial charge in [0.1, 0.15) is 0 Å². The molecule has 2 N–H and O–H groups in total. The molecule has 0 radical (unpaired) electrons. The fraction of sp³-hybridized carbons (Fsp3) is 0.455. The van der Waals surface area contributed by atoms with Crippen LogP contribution in [0.2, 0.25) is 0 Å². The molecule has 0 bridgehead atoms. The van der Waals surface area contributed by atoms with Crippen molar-refractivity contribution in [3.8, 4) is 17.0 Å². The van der Waals surface area contributed by atoms with E-state index in [1.807, 2.05) is 10.6 Å². The zero-order valence-electron chi connectivity index (χ0n) is 18.0. The number of nitrogen functional groups attached to an aromatic ring is 1. The predicted octanol–water partition coefficient (Wildman–Crippen LogP) is 3.72. The Morgan fingerprint density at radius 3 is 2.59 bits per heavy atom. The first-order valence-electron chi connectivity index (χ1n) is 10.1. The van der Waals surface area contributed by atoms with Gasteiger partial charge >= 0.3 is 0 Å². The van der Waals surface area contributed by atoms with E-state index in [0.29, 0.717) is 30.4 Å². The Morgan fingerprint density at radius 1 is 1.14 bits per heavy atom. The van der Waals surface area contributed by atoms with Crippen LogP contribution in [0.5, 0.6) is 5.75 Å². The minimum atomic E-state index is 0.361. The zero-order valence-corrected chi connectivity index (χ0v) is 18.0. The standard InChI is InChI=1S/C22H31N5O2/c1-6-10-26(11-12-28-4)22-20(29-5)21(23)24-19-14-18(25-27(19)22)17-9-8-15(3)13-16(17)7-2/h8-9,13-14H,6-7,10-12H2,1-5H3,(H2,23,24). The first kappa shape index (κ1) is 20.9. The Morgan fingerprint density at radius 2 is 1.93 bits per heavy atom. The van der Waals surface area contributed by atoms with Crippen molar-refractivity contribution in [2.45, 2.75) is 33.6 Å². The molecule has 156 valence electrons. The third-order valence-corrected chi connectivity index (χ3v) is 5.04. The fourth-order valence-electron chi connectivity index (χ4n) is 3.66. The lowest BCUT2D eigenvalue weighted by molar-refractivity contribution is 0.204. The van der Waals surface area contributed by atoms with Crippen LogP contribution in [-0.2, 0) is 11.2 Å². The number of benzene rings is 1. The van der Waals surface area contributed by atoms with Gasteiger partial charge in [-0.3, -0.25) is 0 Å². The van der Waals surface area contributed by atoms with Crippen molar-refractivity contribution in [2.75, 3.05) is 44.5 Å². The Balaban J connectivity index is 2.22. The third kappa shape index (κ3) is 4.15. The van der Waals surface area contributed by atoms with Crippen molar-refractivity contribution >= 4 is 17.3 Å². The Kier molecular flexibility index (Phi) is 6.59. The normalized spacial score (nSPS) is 11.2. The summed E-state index contributed by atoms with van der Waals surface area (Å²) in [5.41, 5.74) is 11.5. The zero-order chi connectivity index (χ0) is 21.0. The van der Waals surface area contributed by atoms with Gasteiger partial charge in [-0.05, 0) is 25.3 Å². The quantitative estimate of drug-likeness (QED) is 0.593. The van der Waals surface area contributed by atoms with Crippen LogP contribution in [0.1, 0.15) is 31.4 Å². The molecule has 2 heterocycles. The molecular formula is C22H31N5O2. The van der Waals surface area contributed by atoms with Gasteiger partial charge in [-0.25, -0.2) is 4.98 Å². The van der Waals surface area contributed by atoms with Gasteiger partial charge in [-0.2, -0.15) is 9.61 Å². The highest BCUT2D eigenvalue weighted by molar-refractivity contribution is 5.74. The molecule has 29 heavy (non-hydrogen) atoms. The lowest BCUT2D eigenvalue weighted by Gasteiger charge is -2.26. The van der Waals surface area contributed by atoms with E-state index in [1.54, 1.807) is 14.2 Å². The summed E-state index contributed by atoms with van der Waals surface area (Å²) in [7, 11) is 3.32. The maximum absolute atomic E-state index is 6.25. The van der Waals surface area contributed by atoms with Gasteiger partial charge in [0, 0.05) is 31.8 Å². The summed E-state index contributed by atoms with van der Waals surface area (Å²) < 4.78 is 12.8. The number of hydrogen-bond donors (Lipinski definition) is 1. The van der Waals surface area contributed by atoms with Crippen molar-refractivity contribution in [3.05, 3.63) is 35.4 Å². The molecule has 0 aliphatic carbocycles. The average molecular weight is 398 g/mol. The summed E-state index contributed by atoms with van der Waals surface area (Å²) in [4.78, 5) is 6.74. The molecule has 0 amide bonds. The summed E-state index contributed by atoms with van der Waals surface area (Å²) in [6, 6.07) is 8.45. The van der Waals surface area contributed by atoms with Gasteiger partial charge in [0.05, 0.1) is 19.4 Å². The van der Waals surface area contributed by atoms with Crippen LogP contribution in [-0.4, -0.2) is 48.5 Å². The van der Waals surface area contributed by atoms with E-state index in [1.165, 1.54) is 11.1 Å². The van der Waals surface area contributed by atoms with Gasteiger partial charge < -0.3 is 20.1 Å². The highest BCUT2D eigenvalue weighted by Gasteiger charge is 2.22. The topological polar surface area (TPSA) is 77.9 Å². The predicted molar refractivity (Wildman–Crippen MR) is 118 cm³/mol. The maximum atomic E-state index is 6.25. The van der Waals surface area contributed by atoms with Gasteiger partial charge in [-0.1, -0.05) is 37.6 Å². The van der Waals surface area contributed by atoms with E-state index in [4.69, 9.17) is 20.3 Å². The second-order valence-corrected chi connectivity index (χ2v) is 7.15. The van der Waals surface area contributed by atoms with Gasteiger partial charge in [0.25, 0.3) is 0 Å². The number of ether oxygens (including phenoxy) is 2. The molecule has 7 nitrogen and oxygen atoms in total. The molecular weight excluding hydrogens is 366 g/mol. The van der Waals surface area contributed by atoms with E-state index >= 15 is 0 Å². The van der Waals surface area contributed by atoms with Crippen LogP contribution in [0.15, 0.2) is 24.3 Å². The van der Waals surface area contributed by atoms with Crippen LogP contribution in [0.3, 0.4) is 0 Å². The van der Waals surface area contributed by atoms with Gasteiger partial charge in [0.15, 0.2) is 17.3 Å². The molecule has 1 aromatic carbocycles. The van der Waals surface area contributed by atoms with E-state index in [2.05, 4.69) is 48.9 Å². The van der Waals surface area contributed by atoms with Crippen LogP contribution in [0.25, 0.3) is 16.9 Å². The minimum Gasteiger partial charge on any atom is -0.490 e.